The van der Waals surface area contributed by atoms with Gasteiger partial charge in [0.05, 0.1) is 12.7 Å². The van der Waals surface area contributed by atoms with Gasteiger partial charge in [-0.25, -0.2) is 0 Å². The summed E-state index contributed by atoms with van der Waals surface area (Å²) in [4.78, 5) is 58.6. The minimum Gasteiger partial charge on any atom is -0.359 e. The molecular weight excluding hydrogens is 564 g/mol. The van der Waals surface area contributed by atoms with Crippen molar-refractivity contribution >= 4 is 29.5 Å². The van der Waals surface area contributed by atoms with Crippen LogP contribution in [-0.2, 0) is 35.3 Å². The number of ether oxygens (including phenoxy) is 1. The van der Waals surface area contributed by atoms with Crippen molar-refractivity contribution in [3.63, 3.8) is 0 Å². The fourth-order valence-electron chi connectivity index (χ4n) is 4.08. The highest BCUT2D eigenvalue weighted by Crippen LogP contribution is 2.07. The van der Waals surface area contributed by atoms with Gasteiger partial charge in [0.15, 0.2) is 0 Å². The number of hydrogen-bond donors (Lipinski definition) is 5. The summed E-state index contributed by atoms with van der Waals surface area (Å²) in [6.07, 6.45) is 6.00. The number of rotatable bonds is 25. The molecule has 0 radical (unpaired) electrons. The minimum atomic E-state index is -0.539. The van der Waals surface area contributed by atoms with E-state index < -0.39 is 6.10 Å². The molecule has 0 heterocycles. The fourth-order valence-corrected chi connectivity index (χ4v) is 4.08. The SMILES string of the molecule is CC(=O)NCCCCCNC(=O)CCC(=O)NCCCCCNC(=O)CCC(=O)NCCCC(C#N)OCc1ccccc1. The largest absolute Gasteiger partial charge is 0.359 e. The molecule has 244 valence electrons. The lowest BCUT2D eigenvalue weighted by atomic mass is 10.2. The van der Waals surface area contributed by atoms with Gasteiger partial charge in [0.2, 0.25) is 29.5 Å². The van der Waals surface area contributed by atoms with Gasteiger partial charge in [-0.1, -0.05) is 30.3 Å². The van der Waals surface area contributed by atoms with Crippen LogP contribution in [0.1, 0.15) is 89.5 Å². The van der Waals surface area contributed by atoms with Crippen LogP contribution in [0.3, 0.4) is 0 Å². The highest BCUT2D eigenvalue weighted by molar-refractivity contribution is 5.84. The van der Waals surface area contributed by atoms with E-state index in [2.05, 4.69) is 32.7 Å². The molecule has 1 unspecified atom stereocenters. The van der Waals surface area contributed by atoms with Crippen LogP contribution in [0.2, 0.25) is 0 Å². The van der Waals surface area contributed by atoms with Crippen LogP contribution in [0.5, 0.6) is 0 Å². The molecule has 0 fully saturated rings. The average Bonchev–Trinajstić information content (AvgIpc) is 3.01. The quantitative estimate of drug-likeness (QED) is 0.105. The Morgan fingerprint density at radius 2 is 1.05 bits per heavy atom. The van der Waals surface area contributed by atoms with Crippen molar-refractivity contribution in [3.8, 4) is 6.07 Å². The number of nitrogens with zero attached hydrogens (tertiary/aromatic N) is 1. The van der Waals surface area contributed by atoms with Crippen LogP contribution < -0.4 is 26.6 Å². The van der Waals surface area contributed by atoms with E-state index in [9.17, 15) is 29.2 Å². The summed E-state index contributed by atoms with van der Waals surface area (Å²) < 4.78 is 5.62. The summed E-state index contributed by atoms with van der Waals surface area (Å²) in [5.74, 6) is -0.747. The minimum absolute atomic E-state index is 0.0437. The second-order valence-electron chi connectivity index (χ2n) is 10.6. The van der Waals surface area contributed by atoms with Gasteiger partial charge in [0.25, 0.3) is 0 Å². The molecule has 1 aromatic rings. The predicted octanol–water partition coefficient (Wildman–Crippen LogP) is 2.38. The standard InChI is InChI=1S/C32H50N6O6/c1-26(39)34-19-7-3-8-20-35-29(40)15-16-30(41)36-21-9-4-10-22-37-31(42)17-18-32(43)38-23-11-14-28(24-33)44-25-27-12-5-2-6-13-27/h2,5-6,12-13,28H,3-4,7-11,14-23,25H2,1H3,(H,34,39)(H,35,40)(H,36,41)(H,37,42)(H,38,43). The molecule has 5 N–H and O–H groups in total. The van der Waals surface area contributed by atoms with Gasteiger partial charge in [-0.05, 0) is 56.9 Å². The molecule has 0 aliphatic heterocycles. The van der Waals surface area contributed by atoms with Gasteiger partial charge in [0.1, 0.15) is 6.10 Å². The van der Waals surface area contributed by atoms with E-state index in [1.807, 2.05) is 30.3 Å². The third-order valence-electron chi connectivity index (χ3n) is 6.61. The lowest BCUT2D eigenvalue weighted by Gasteiger charge is -2.11. The molecule has 0 saturated carbocycles. The lowest BCUT2D eigenvalue weighted by Crippen LogP contribution is -2.29. The Bertz CT molecular complexity index is 1030. The number of nitriles is 1. The third-order valence-corrected chi connectivity index (χ3v) is 6.61. The van der Waals surface area contributed by atoms with Crippen LogP contribution in [0.15, 0.2) is 30.3 Å². The lowest BCUT2D eigenvalue weighted by molar-refractivity contribution is -0.126. The summed E-state index contributed by atoms with van der Waals surface area (Å²) in [5.41, 5.74) is 0.999. The first kappa shape index (κ1) is 38.0. The Balaban J connectivity index is 1.93. The number of benzene rings is 1. The van der Waals surface area contributed by atoms with E-state index in [0.717, 1.165) is 44.1 Å². The summed E-state index contributed by atoms with van der Waals surface area (Å²) in [6.45, 7) is 4.47. The maximum Gasteiger partial charge on any atom is 0.220 e. The van der Waals surface area contributed by atoms with Gasteiger partial charge < -0.3 is 31.3 Å². The first-order chi connectivity index (χ1) is 21.3. The smallest absolute Gasteiger partial charge is 0.220 e. The Labute approximate surface area is 261 Å². The van der Waals surface area contributed by atoms with Crippen molar-refractivity contribution in [2.24, 2.45) is 0 Å². The summed E-state index contributed by atoms with van der Waals surface area (Å²) >= 11 is 0. The van der Waals surface area contributed by atoms with E-state index in [1.165, 1.54) is 6.92 Å². The van der Waals surface area contributed by atoms with E-state index in [4.69, 9.17) is 4.74 Å². The third kappa shape index (κ3) is 22.6. The zero-order valence-corrected chi connectivity index (χ0v) is 26.1. The molecule has 0 spiro atoms. The molecule has 44 heavy (non-hydrogen) atoms. The molecule has 12 nitrogen and oxygen atoms in total. The van der Waals surface area contributed by atoms with Gasteiger partial charge in [-0.3, -0.25) is 24.0 Å². The zero-order chi connectivity index (χ0) is 32.3. The van der Waals surface area contributed by atoms with Crippen LogP contribution in [0.4, 0.5) is 0 Å². The summed E-state index contributed by atoms with van der Waals surface area (Å²) in [7, 11) is 0. The first-order valence-electron chi connectivity index (χ1n) is 15.7. The molecule has 0 bridgehead atoms. The molecule has 5 amide bonds. The Kier molecular flexibility index (Phi) is 22.1. The number of carbonyl (C=O) groups excluding carboxylic acids is 5. The highest BCUT2D eigenvalue weighted by atomic mass is 16.5. The zero-order valence-electron chi connectivity index (χ0n) is 26.1. The number of carbonyl (C=O) groups is 5. The first-order valence-corrected chi connectivity index (χ1v) is 15.7. The maximum absolute atomic E-state index is 12.0. The van der Waals surface area contributed by atoms with E-state index in [1.54, 1.807) is 0 Å². The Hall–Kier alpha value is -3.98. The summed E-state index contributed by atoms with van der Waals surface area (Å²) in [6, 6.07) is 11.8. The topological polar surface area (TPSA) is 179 Å². The molecule has 1 atom stereocenters. The molecule has 1 rings (SSSR count). The maximum atomic E-state index is 12.0. The second-order valence-corrected chi connectivity index (χ2v) is 10.6. The number of unbranched alkanes of at least 4 members (excludes halogenated alkanes) is 4. The van der Waals surface area contributed by atoms with E-state index in [-0.39, 0.29) is 55.2 Å². The van der Waals surface area contributed by atoms with Crippen LogP contribution >= 0.6 is 0 Å². The van der Waals surface area contributed by atoms with Crippen LogP contribution in [-0.4, -0.2) is 68.4 Å². The van der Waals surface area contributed by atoms with Crippen LogP contribution in [0, 0.1) is 11.3 Å². The van der Waals surface area contributed by atoms with Gasteiger partial charge >= 0.3 is 0 Å². The molecule has 1 aromatic carbocycles. The van der Waals surface area contributed by atoms with Gasteiger partial charge in [0, 0.05) is 65.3 Å². The fraction of sp³-hybridized carbons (Fsp3) is 0.625. The number of hydrogen-bond acceptors (Lipinski definition) is 7. The molecule has 0 saturated heterocycles. The average molecular weight is 615 g/mol. The highest BCUT2D eigenvalue weighted by Gasteiger charge is 2.10. The summed E-state index contributed by atoms with van der Waals surface area (Å²) in [5, 5.41) is 23.2. The van der Waals surface area contributed by atoms with Crippen molar-refractivity contribution in [2.45, 2.75) is 96.7 Å². The molecular formula is C32H50N6O6. The molecule has 0 aliphatic carbocycles. The number of amides is 5. The Morgan fingerprint density at radius 3 is 1.45 bits per heavy atom. The van der Waals surface area contributed by atoms with E-state index in [0.29, 0.717) is 52.2 Å². The Morgan fingerprint density at radius 1 is 0.636 bits per heavy atom. The molecule has 0 aliphatic rings. The van der Waals surface area contributed by atoms with Crippen molar-refractivity contribution < 1.29 is 28.7 Å². The number of nitrogens with one attached hydrogen (secondary N) is 5. The normalized spacial score (nSPS) is 11.1. The van der Waals surface area contributed by atoms with Gasteiger partial charge in [-0.2, -0.15) is 5.26 Å². The van der Waals surface area contributed by atoms with Crippen molar-refractivity contribution in [1.29, 1.82) is 5.26 Å². The van der Waals surface area contributed by atoms with Gasteiger partial charge in [-0.15, -0.1) is 0 Å². The van der Waals surface area contributed by atoms with Crippen molar-refractivity contribution in [3.05, 3.63) is 35.9 Å². The monoisotopic (exact) mass is 614 g/mol. The van der Waals surface area contributed by atoms with Crippen molar-refractivity contribution in [1.82, 2.24) is 26.6 Å². The van der Waals surface area contributed by atoms with Crippen molar-refractivity contribution in [2.75, 3.05) is 32.7 Å². The molecule has 0 aromatic heterocycles. The predicted molar refractivity (Wildman–Crippen MR) is 167 cm³/mol. The second kappa shape index (κ2) is 25.5. The molecule has 12 heteroatoms. The van der Waals surface area contributed by atoms with Crippen LogP contribution in [0.25, 0.3) is 0 Å². The van der Waals surface area contributed by atoms with E-state index >= 15 is 0 Å².